The van der Waals surface area contributed by atoms with Gasteiger partial charge in [-0.3, -0.25) is 9.59 Å². The molecule has 22 heavy (non-hydrogen) atoms. The van der Waals surface area contributed by atoms with E-state index in [1.54, 1.807) is 12.3 Å². The summed E-state index contributed by atoms with van der Waals surface area (Å²) in [5.41, 5.74) is 0.916. The summed E-state index contributed by atoms with van der Waals surface area (Å²) < 4.78 is 32.5. The van der Waals surface area contributed by atoms with Crippen LogP contribution in [-0.2, 0) is 21.4 Å². The highest BCUT2D eigenvalue weighted by Gasteiger charge is 2.26. The van der Waals surface area contributed by atoms with Crippen molar-refractivity contribution in [1.29, 1.82) is 0 Å². The number of carbonyl (C=O) groups excluding carboxylic acids is 1. The maximum Gasteiger partial charge on any atom is 0.307 e. The molecule has 8 nitrogen and oxygen atoms in total. The summed E-state index contributed by atoms with van der Waals surface area (Å²) in [6.45, 7) is 4.80. The molecule has 1 N–H and O–H groups in total. The molecule has 2 aromatic heterocycles. The van der Waals surface area contributed by atoms with E-state index in [4.69, 9.17) is 4.52 Å². The number of nitrogens with one attached hydrogen (secondary N) is 1. The van der Waals surface area contributed by atoms with Gasteiger partial charge in [0.05, 0.1) is 0 Å². The third-order valence-electron chi connectivity index (χ3n) is 3.02. The Balaban J connectivity index is 2.08. The van der Waals surface area contributed by atoms with Crippen molar-refractivity contribution in [2.24, 2.45) is 0 Å². The first-order valence-electron chi connectivity index (χ1n) is 6.36. The van der Waals surface area contributed by atoms with E-state index in [0.717, 1.165) is 17.0 Å². The molecule has 2 heterocycles. The minimum Gasteiger partial charge on any atom is -0.360 e. The normalized spacial score (nSPS) is 11.6. The number of carbonyl (C=O) groups is 1. The highest BCUT2D eigenvalue weighted by molar-refractivity contribution is 7.90. The standard InChI is InChI=1S/C12H15N3O5S2/c1-7-6-21-12(17)15(7)5-4-10(16)14-22(18,19)11-8(2)13-20-9(11)3/h6H,4-5H2,1-3H3,(H,14,16). The summed E-state index contributed by atoms with van der Waals surface area (Å²) in [6.07, 6.45) is -0.125. The first-order chi connectivity index (χ1) is 10.2. The van der Waals surface area contributed by atoms with Crippen LogP contribution in [0.3, 0.4) is 0 Å². The SMILES string of the molecule is Cc1noc(C)c1S(=O)(=O)NC(=O)CCn1c(C)csc1=O. The number of thiazole rings is 1. The molecule has 120 valence electrons. The molecule has 0 bridgehead atoms. The fourth-order valence-corrected chi connectivity index (χ4v) is 4.10. The first-order valence-corrected chi connectivity index (χ1v) is 8.72. The molecular weight excluding hydrogens is 330 g/mol. The second-order valence-electron chi connectivity index (χ2n) is 4.73. The van der Waals surface area contributed by atoms with Crippen LogP contribution in [0.25, 0.3) is 0 Å². The minimum atomic E-state index is -4.03. The summed E-state index contributed by atoms with van der Waals surface area (Å²) in [7, 11) is -4.03. The summed E-state index contributed by atoms with van der Waals surface area (Å²) in [5, 5.41) is 5.23. The molecule has 0 radical (unpaired) electrons. The quantitative estimate of drug-likeness (QED) is 0.854. The largest absolute Gasteiger partial charge is 0.360 e. The van der Waals surface area contributed by atoms with Gasteiger partial charge in [-0.2, -0.15) is 0 Å². The second kappa shape index (κ2) is 6.05. The first kappa shape index (κ1) is 16.4. The van der Waals surface area contributed by atoms with E-state index >= 15 is 0 Å². The molecule has 0 aliphatic heterocycles. The molecule has 0 aliphatic rings. The van der Waals surface area contributed by atoms with Gasteiger partial charge in [-0.1, -0.05) is 16.5 Å². The van der Waals surface area contributed by atoms with Crippen molar-refractivity contribution in [3.05, 3.63) is 32.2 Å². The molecule has 0 atom stereocenters. The van der Waals surface area contributed by atoms with E-state index in [1.165, 1.54) is 18.4 Å². The average molecular weight is 345 g/mol. The van der Waals surface area contributed by atoms with E-state index in [0.29, 0.717) is 0 Å². The zero-order valence-corrected chi connectivity index (χ0v) is 13.9. The Bertz CT molecular complexity index is 840. The number of amides is 1. The third kappa shape index (κ3) is 3.28. The van der Waals surface area contributed by atoms with Gasteiger partial charge in [0.1, 0.15) is 5.69 Å². The van der Waals surface area contributed by atoms with E-state index in [2.05, 4.69) is 5.16 Å². The van der Waals surface area contributed by atoms with Crippen molar-refractivity contribution >= 4 is 27.3 Å². The Labute approximate surface area is 130 Å². The van der Waals surface area contributed by atoms with Crippen LogP contribution in [0.4, 0.5) is 0 Å². The topological polar surface area (TPSA) is 111 Å². The predicted octanol–water partition coefficient (Wildman–Crippen LogP) is 0.718. The van der Waals surface area contributed by atoms with Crippen molar-refractivity contribution in [1.82, 2.24) is 14.4 Å². The van der Waals surface area contributed by atoms with Gasteiger partial charge in [-0.15, -0.1) is 0 Å². The number of sulfonamides is 1. The number of hydrogen-bond acceptors (Lipinski definition) is 7. The maximum atomic E-state index is 12.1. The maximum absolute atomic E-state index is 12.1. The monoisotopic (exact) mass is 345 g/mol. The second-order valence-corrected chi connectivity index (χ2v) is 7.17. The molecule has 1 amide bonds. The predicted molar refractivity (Wildman–Crippen MR) is 79.2 cm³/mol. The van der Waals surface area contributed by atoms with E-state index in [1.807, 2.05) is 4.72 Å². The van der Waals surface area contributed by atoms with Crippen LogP contribution >= 0.6 is 11.3 Å². The molecule has 0 spiro atoms. The minimum absolute atomic E-state index is 0.114. The fraction of sp³-hybridized carbons (Fsp3) is 0.417. The lowest BCUT2D eigenvalue weighted by atomic mass is 10.4. The average Bonchev–Trinajstić information content (AvgIpc) is 2.90. The number of hydrogen-bond donors (Lipinski definition) is 1. The summed E-state index contributed by atoms with van der Waals surface area (Å²) >= 11 is 1.03. The van der Waals surface area contributed by atoms with Gasteiger partial charge in [0, 0.05) is 24.0 Å². The summed E-state index contributed by atoms with van der Waals surface area (Å²) in [6, 6.07) is 0. The Hall–Kier alpha value is -1.94. The molecule has 0 fully saturated rings. The van der Waals surface area contributed by atoms with Gasteiger partial charge in [0.25, 0.3) is 10.0 Å². The smallest absolute Gasteiger partial charge is 0.307 e. The number of rotatable bonds is 5. The molecule has 0 saturated heterocycles. The van der Waals surface area contributed by atoms with Gasteiger partial charge in [-0.25, -0.2) is 13.1 Å². The number of aromatic nitrogens is 2. The lowest BCUT2D eigenvalue weighted by molar-refractivity contribution is -0.119. The van der Waals surface area contributed by atoms with Crippen LogP contribution in [0.1, 0.15) is 23.6 Å². The summed E-state index contributed by atoms with van der Waals surface area (Å²) in [5.74, 6) is -0.583. The number of aryl methyl sites for hydroxylation is 3. The summed E-state index contributed by atoms with van der Waals surface area (Å²) in [4.78, 5) is 23.0. The lowest BCUT2D eigenvalue weighted by Gasteiger charge is -2.07. The zero-order chi connectivity index (χ0) is 16.5. The Morgan fingerprint density at radius 3 is 2.59 bits per heavy atom. The van der Waals surface area contributed by atoms with E-state index in [9.17, 15) is 18.0 Å². The zero-order valence-electron chi connectivity index (χ0n) is 12.2. The van der Waals surface area contributed by atoms with Crippen LogP contribution in [0, 0.1) is 20.8 Å². The van der Waals surface area contributed by atoms with Crippen molar-refractivity contribution in [3.63, 3.8) is 0 Å². The van der Waals surface area contributed by atoms with Crippen molar-refractivity contribution < 1.29 is 17.7 Å². The molecule has 0 aromatic carbocycles. The van der Waals surface area contributed by atoms with Gasteiger partial charge >= 0.3 is 4.87 Å². The molecule has 2 rings (SSSR count). The van der Waals surface area contributed by atoms with Crippen molar-refractivity contribution in [2.75, 3.05) is 0 Å². The van der Waals surface area contributed by atoms with E-state index in [-0.39, 0.29) is 34.2 Å². The third-order valence-corrected chi connectivity index (χ3v) is 5.52. The van der Waals surface area contributed by atoms with Gasteiger partial charge in [0.15, 0.2) is 10.7 Å². The molecule has 0 saturated carbocycles. The van der Waals surface area contributed by atoms with Gasteiger partial charge < -0.3 is 9.09 Å². The lowest BCUT2D eigenvalue weighted by Crippen LogP contribution is -2.32. The molecular formula is C12H15N3O5S2. The molecule has 2 aromatic rings. The Morgan fingerprint density at radius 2 is 2.09 bits per heavy atom. The molecule has 10 heteroatoms. The fourth-order valence-electron chi connectivity index (χ4n) is 2.00. The van der Waals surface area contributed by atoms with Gasteiger partial charge in [-0.05, 0) is 20.8 Å². The van der Waals surface area contributed by atoms with E-state index < -0.39 is 15.9 Å². The van der Waals surface area contributed by atoms with Crippen molar-refractivity contribution in [3.8, 4) is 0 Å². The van der Waals surface area contributed by atoms with Gasteiger partial charge in [0.2, 0.25) is 5.91 Å². The van der Waals surface area contributed by atoms with Crippen LogP contribution in [0.5, 0.6) is 0 Å². The molecule has 0 aliphatic carbocycles. The Kier molecular flexibility index (Phi) is 4.52. The highest BCUT2D eigenvalue weighted by Crippen LogP contribution is 2.18. The van der Waals surface area contributed by atoms with Crippen LogP contribution in [0.2, 0.25) is 0 Å². The van der Waals surface area contributed by atoms with Crippen molar-refractivity contribution in [2.45, 2.75) is 38.6 Å². The van der Waals surface area contributed by atoms with Crippen LogP contribution < -0.4 is 9.60 Å². The van der Waals surface area contributed by atoms with Crippen LogP contribution in [0.15, 0.2) is 19.6 Å². The van der Waals surface area contributed by atoms with Crippen LogP contribution in [-0.4, -0.2) is 24.0 Å². The Morgan fingerprint density at radius 1 is 1.41 bits per heavy atom. The highest BCUT2D eigenvalue weighted by atomic mass is 32.2. The molecule has 0 unspecified atom stereocenters. The number of nitrogens with zero attached hydrogens (tertiary/aromatic N) is 2.